The van der Waals surface area contributed by atoms with Crippen LogP contribution in [0.15, 0.2) is 42.6 Å². The Bertz CT molecular complexity index is 818. The molecule has 0 aromatic heterocycles. The zero-order valence-electron chi connectivity index (χ0n) is 14.5. The lowest BCUT2D eigenvalue weighted by Crippen LogP contribution is -2.46. The van der Waals surface area contributed by atoms with E-state index in [4.69, 9.17) is 10.5 Å². The molecule has 7 heteroatoms. The van der Waals surface area contributed by atoms with Crippen LogP contribution in [0.3, 0.4) is 0 Å². The topological polar surface area (TPSA) is 103 Å². The smallest absolute Gasteiger partial charge is 0.313 e. The van der Waals surface area contributed by atoms with Crippen LogP contribution in [0.1, 0.15) is 19.7 Å². The Morgan fingerprint density at radius 2 is 2.20 bits per heavy atom. The minimum atomic E-state index is -1.00. The maximum absolute atomic E-state index is 11.7. The first-order valence-corrected chi connectivity index (χ1v) is 8.03. The average molecular weight is 342 g/mol. The van der Waals surface area contributed by atoms with Crippen LogP contribution >= 0.6 is 0 Å². The van der Waals surface area contributed by atoms with Crippen molar-refractivity contribution in [3.63, 3.8) is 0 Å². The minimum Gasteiger partial charge on any atom is -0.481 e. The third-order valence-corrected chi connectivity index (χ3v) is 4.42. The summed E-state index contributed by atoms with van der Waals surface area (Å²) in [7, 11) is 1.52. The molecule has 0 radical (unpaired) electrons. The van der Waals surface area contributed by atoms with Gasteiger partial charge >= 0.3 is 5.97 Å². The van der Waals surface area contributed by atoms with Gasteiger partial charge in [0.25, 0.3) is 0 Å². The van der Waals surface area contributed by atoms with Crippen molar-refractivity contribution in [1.82, 2.24) is 14.5 Å². The summed E-state index contributed by atoms with van der Waals surface area (Å²) >= 11 is 0. The maximum Gasteiger partial charge on any atom is 0.313 e. The predicted octanol–water partition coefficient (Wildman–Crippen LogP) is 1.79. The summed E-state index contributed by atoms with van der Waals surface area (Å²) in [5.41, 5.74) is 5.16. The van der Waals surface area contributed by atoms with E-state index >= 15 is 0 Å². The highest BCUT2D eigenvalue weighted by molar-refractivity contribution is 5.75. The number of imidazole rings is 1. The molecule has 2 atom stereocenters. The van der Waals surface area contributed by atoms with E-state index in [1.54, 1.807) is 24.3 Å². The molecule has 1 aliphatic carbocycles. The molecular formula is C18H22N4O3. The second kappa shape index (κ2) is 6.09. The largest absolute Gasteiger partial charge is 0.481 e. The van der Waals surface area contributed by atoms with Crippen molar-refractivity contribution in [1.29, 1.82) is 0 Å². The number of pyridine rings is 1. The number of nitrogens with two attached hydrogens (primary N) is 1. The number of rotatable bonds is 5. The predicted molar refractivity (Wildman–Crippen MR) is 93.0 cm³/mol. The van der Waals surface area contributed by atoms with Crippen LogP contribution in [0.25, 0.3) is 11.5 Å². The number of ether oxygens (including phenoxy) is 1. The third kappa shape index (κ3) is 3.08. The number of hydrogen-bond donors (Lipinski definition) is 2. The number of fused-ring (bicyclic) bond motifs is 1. The van der Waals surface area contributed by atoms with Crippen molar-refractivity contribution in [2.24, 2.45) is 11.7 Å². The van der Waals surface area contributed by atoms with E-state index in [0.717, 1.165) is 0 Å². The highest BCUT2D eigenvalue weighted by Crippen LogP contribution is 2.32. The van der Waals surface area contributed by atoms with Gasteiger partial charge in [-0.3, -0.25) is 4.79 Å². The summed E-state index contributed by atoms with van der Waals surface area (Å²) in [6.07, 6.45) is 8.78. The van der Waals surface area contributed by atoms with Crippen LogP contribution in [-0.2, 0) is 21.6 Å². The fourth-order valence-corrected chi connectivity index (χ4v) is 3.02. The summed E-state index contributed by atoms with van der Waals surface area (Å²) in [5.74, 6) is -0.534. The second-order valence-corrected chi connectivity index (χ2v) is 6.83. The van der Waals surface area contributed by atoms with Gasteiger partial charge in [0, 0.05) is 13.3 Å². The molecule has 2 unspecified atom stereocenters. The lowest BCUT2D eigenvalue weighted by molar-refractivity contribution is -0.148. The molecule has 3 aliphatic rings. The fourth-order valence-electron chi connectivity index (χ4n) is 3.02. The Balaban J connectivity index is 2.05. The highest BCUT2D eigenvalue weighted by atomic mass is 16.5. The van der Waals surface area contributed by atoms with Gasteiger partial charge in [-0.05, 0) is 32.1 Å². The molecule has 0 saturated carbocycles. The summed E-state index contributed by atoms with van der Waals surface area (Å²) in [5, 5.41) is 9.59. The van der Waals surface area contributed by atoms with Crippen molar-refractivity contribution in [3.05, 3.63) is 48.5 Å². The molecule has 0 saturated heterocycles. The fraction of sp³-hybridized carbons (Fsp3) is 0.389. The first kappa shape index (κ1) is 17.3. The number of methoxy groups -OCH3 is 1. The van der Waals surface area contributed by atoms with Crippen molar-refractivity contribution >= 4 is 5.97 Å². The average Bonchev–Trinajstić information content (AvgIpc) is 3.00. The van der Waals surface area contributed by atoms with Gasteiger partial charge < -0.3 is 20.1 Å². The van der Waals surface area contributed by atoms with E-state index < -0.39 is 23.0 Å². The molecule has 0 bridgehead atoms. The Kier molecular flexibility index (Phi) is 4.22. The van der Waals surface area contributed by atoms with Gasteiger partial charge in [-0.15, -0.1) is 0 Å². The maximum atomic E-state index is 11.7. The van der Waals surface area contributed by atoms with Gasteiger partial charge in [0.15, 0.2) is 11.6 Å². The SMILES string of the molecule is COC1(Cn2cccc3nc(C(C)(C)N)nc2-3)C=CC=CC1C(=O)O. The quantitative estimate of drug-likeness (QED) is 0.858. The molecule has 0 spiro atoms. The van der Waals surface area contributed by atoms with Crippen LogP contribution < -0.4 is 5.73 Å². The molecule has 25 heavy (non-hydrogen) atoms. The number of carboxylic acids is 1. The number of nitrogens with zero attached hydrogens (tertiary/aromatic N) is 3. The number of aliphatic carboxylic acids is 1. The van der Waals surface area contributed by atoms with Crippen molar-refractivity contribution in [3.8, 4) is 11.5 Å². The molecule has 3 N–H and O–H groups in total. The lowest BCUT2D eigenvalue weighted by Gasteiger charge is -2.36. The lowest BCUT2D eigenvalue weighted by atomic mass is 9.83. The monoisotopic (exact) mass is 342 g/mol. The molecule has 2 aliphatic heterocycles. The van der Waals surface area contributed by atoms with Gasteiger partial charge in [-0.25, -0.2) is 9.97 Å². The Morgan fingerprint density at radius 1 is 1.44 bits per heavy atom. The van der Waals surface area contributed by atoms with E-state index in [-0.39, 0.29) is 0 Å². The molecular weight excluding hydrogens is 320 g/mol. The van der Waals surface area contributed by atoms with Gasteiger partial charge in [0.1, 0.15) is 17.2 Å². The standard InChI is InChI=1S/C18H22N4O3/c1-17(2,19)16-20-13-8-6-10-22(14(13)21-16)11-18(25-3)9-5-4-7-12(18)15(23)24/h4-10,12H,11,19H2,1-3H3,(H,23,24). The normalized spacial score (nSPS) is 23.3. The molecule has 7 nitrogen and oxygen atoms in total. The van der Waals surface area contributed by atoms with E-state index in [2.05, 4.69) is 9.97 Å². The van der Waals surface area contributed by atoms with Crippen molar-refractivity contribution in [2.75, 3.05) is 7.11 Å². The summed E-state index contributed by atoms with van der Waals surface area (Å²) < 4.78 is 7.53. The molecule has 2 heterocycles. The van der Waals surface area contributed by atoms with E-state index in [0.29, 0.717) is 23.9 Å². The first-order chi connectivity index (χ1) is 11.8. The van der Waals surface area contributed by atoms with Crippen LogP contribution in [0, 0.1) is 5.92 Å². The molecule has 0 amide bonds. The number of aromatic nitrogens is 3. The minimum absolute atomic E-state index is 0.293. The number of carboxylic acid groups (broad SMARTS) is 1. The highest BCUT2D eigenvalue weighted by Gasteiger charge is 2.42. The van der Waals surface area contributed by atoms with E-state index in [1.807, 2.05) is 36.7 Å². The van der Waals surface area contributed by atoms with Gasteiger partial charge in [-0.1, -0.05) is 18.2 Å². The second-order valence-electron chi connectivity index (χ2n) is 6.83. The Labute approximate surface area is 146 Å². The van der Waals surface area contributed by atoms with Crippen molar-refractivity contribution < 1.29 is 14.6 Å². The van der Waals surface area contributed by atoms with Gasteiger partial charge in [0.05, 0.1) is 12.1 Å². The number of carbonyl (C=O) groups is 1. The van der Waals surface area contributed by atoms with Gasteiger partial charge in [-0.2, -0.15) is 0 Å². The van der Waals surface area contributed by atoms with Crippen LogP contribution in [-0.4, -0.2) is 38.3 Å². The number of hydrogen-bond acceptors (Lipinski definition) is 5. The van der Waals surface area contributed by atoms with Gasteiger partial charge in [0.2, 0.25) is 0 Å². The first-order valence-electron chi connectivity index (χ1n) is 8.03. The Hall–Kier alpha value is -2.51. The summed E-state index contributed by atoms with van der Waals surface area (Å²) in [6, 6.07) is 3.71. The van der Waals surface area contributed by atoms with Crippen LogP contribution in [0.4, 0.5) is 0 Å². The molecule has 0 fully saturated rings. The van der Waals surface area contributed by atoms with E-state index in [9.17, 15) is 9.90 Å². The zero-order chi connectivity index (χ0) is 18.2. The molecule has 3 rings (SSSR count). The van der Waals surface area contributed by atoms with Crippen LogP contribution in [0.2, 0.25) is 0 Å². The summed E-state index contributed by atoms with van der Waals surface area (Å²) in [6.45, 7) is 3.98. The third-order valence-electron chi connectivity index (χ3n) is 4.42. The zero-order valence-corrected chi connectivity index (χ0v) is 14.5. The van der Waals surface area contributed by atoms with E-state index in [1.165, 1.54) is 7.11 Å². The summed E-state index contributed by atoms with van der Waals surface area (Å²) in [4.78, 5) is 20.8. The molecule has 0 aromatic carbocycles. The van der Waals surface area contributed by atoms with Crippen molar-refractivity contribution in [2.45, 2.75) is 31.5 Å². The number of allylic oxidation sites excluding steroid dienone is 2. The molecule has 0 aromatic rings. The van der Waals surface area contributed by atoms with Crippen LogP contribution in [0.5, 0.6) is 0 Å². The molecule has 132 valence electrons. The Morgan fingerprint density at radius 3 is 2.84 bits per heavy atom.